The first kappa shape index (κ1) is 12.5. The number of hydrogen-bond donors (Lipinski definition) is 1. The lowest BCUT2D eigenvalue weighted by atomic mass is 10.1. The Balaban J connectivity index is 1.98. The quantitative estimate of drug-likeness (QED) is 0.788. The van der Waals surface area contributed by atoms with Crippen molar-refractivity contribution >= 4 is 5.82 Å². The molecule has 0 aliphatic heterocycles. The van der Waals surface area contributed by atoms with Crippen LogP contribution in [0.4, 0.5) is 5.82 Å². The number of benzene rings is 2. The van der Waals surface area contributed by atoms with E-state index in [1.165, 1.54) is 5.56 Å². The van der Waals surface area contributed by atoms with Crippen molar-refractivity contribution in [2.75, 3.05) is 5.73 Å². The van der Waals surface area contributed by atoms with Gasteiger partial charge in [0.05, 0.1) is 5.69 Å². The maximum Gasteiger partial charge on any atom is 0.141 e. The third-order valence-corrected chi connectivity index (χ3v) is 3.46. The van der Waals surface area contributed by atoms with Crippen molar-refractivity contribution in [1.29, 1.82) is 0 Å². The second kappa shape index (κ2) is 5.21. The molecule has 0 atom stereocenters. The summed E-state index contributed by atoms with van der Waals surface area (Å²) in [5.74, 6) is 1.64. The zero-order valence-electron chi connectivity index (χ0n) is 11.5. The first-order valence-corrected chi connectivity index (χ1v) is 6.66. The molecule has 1 aromatic heterocycles. The monoisotopic (exact) mass is 263 g/mol. The average Bonchev–Trinajstić information content (AvgIpc) is 2.78. The Morgan fingerprint density at radius 2 is 1.55 bits per heavy atom. The van der Waals surface area contributed by atoms with Crippen LogP contribution in [0.2, 0.25) is 0 Å². The summed E-state index contributed by atoms with van der Waals surface area (Å²) in [4.78, 5) is 4.71. The Hall–Kier alpha value is -2.55. The van der Waals surface area contributed by atoms with E-state index < -0.39 is 0 Å². The normalized spacial score (nSPS) is 10.7. The molecule has 0 unspecified atom stereocenters. The number of nitrogens with zero attached hydrogens (tertiary/aromatic N) is 2. The molecule has 0 spiro atoms. The van der Waals surface area contributed by atoms with Gasteiger partial charge in [0.25, 0.3) is 0 Å². The summed E-state index contributed by atoms with van der Waals surface area (Å²) in [6.07, 6.45) is 0.757. The summed E-state index contributed by atoms with van der Waals surface area (Å²) in [7, 11) is 1.96. The first-order chi connectivity index (χ1) is 9.75. The van der Waals surface area contributed by atoms with E-state index in [0.29, 0.717) is 0 Å². The van der Waals surface area contributed by atoms with Gasteiger partial charge in [0.15, 0.2) is 0 Å². The second-order valence-electron chi connectivity index (χ2n) is 4.85. The van der Waals surface area contributed by atoms with Gasteiger partial charge >= 0.3 is 0 Å². The van der Waals surface area contributed by atoms with Crippen molar-refractivity contribution in [3.05, 3.63) is 71.9 Å². The Labute approximate surface area is 118 Å². The molecule has 3 rings (SSSR count). The SMILES string of the molecule is Cn1c(-c2ccccc2)nc(Cc2ccccc2)c1N. The fraction of sp³-hybridized carbons (Fsp3) is 0.118. The summed E-state index contributed by atoms with van der Waals surface area (Å²) in [5, 5.41) is 0. The van der Waals surface area contributed by atoms with E-state index in [1.54, 1.807) is 0 Å². The minimum Gasteiger partial charge on any atom is -0.384 e. The third-order valence-electron chi connectivity index (χ3n) is 3.46. The summed E-state index contributed by atoms with van der Waals surface area (Å²) >= 11 is 0. The van der Waals surface area contributed by atoms with Crippen LogP contribution >= 0.6 is 0 Å². The number of rotatable bonds is 3. The summed E-state index contributed by atoms with van der Waals surface area (Å²) < 4.78 is 1.95. The summed E-state index contributed by atoms with van der Waals surface area (Å²) in [6.45, 7) is 0. The number of nitrogen functional groups attached to an aromatic ring is 1. The topological polar surface area (TPSA) is 43.8 Å². The summed E-state index contributed by atoms with van der Waals surface area (Å²) in [6, 6.07) is 20.4. The molecule has 0 amide bonds. The highest BCUT2D eigenvalue weighted by Gasteiger charge is 2.13. The van der Waals surface area contributed by atoms with E-state index in [4.69, 9.17) is 10.7 Å². The molecule has 1 heterocycles. The van der Waals surface area contributed by atoms with Crippen LogP contribution in [0.15, 0.2) is 60.7 Å². The minimum atomic E-state index is 0.729. The first-order valence-electron chi connectivity index (χ1n) is 6.66. The zero-order valence-corrected chi connectivity index (χ0v) is 11.5. The van der Waals surface area contributed by atoms with Crippen molar-refractivity contribution < 1.29 is 0 Å². The van der Waals surface area contributed by atoms with Gasteiger partial charge in [-0.15, -0.1) is 0 Å². The Kier molecular flexibility index (Phi) is 3.25. The van der Waals surface area contributed by atoms with Crippen molar-refractivity contribution in [3.8, 4) is 11.4 Å². The van der Waals surface area contributed by atoms with E-state index >= 15 is 0 Å². The van der Waals surface area contributed by atoms with Crippen LogP contribution in [0.1, 0.15) is 11.3 Å². The fourth-order valence-electron chi connectivity index (χ4n) is 2.33. The Bertz CT molecular complexity index is 700. The largest absolute Gasteiger partial charge is 0.384 e. The van der Waals surface area contributed by atoms with Crippen LogP contribution in [-0.4, -0.2) is 9.55 Å². The number of aromatic nitrogens is 2. The highest BCUT2D eigenvalue weighted by atomic mass is 15.1. The van der Waals surface area contributed by atoms with E-state index in [-0.39, 0.29) is 0 Å². The van der Waals surface area contributed by atoms with Crippen LogP contribution in [-0.2, 0) is 13.5 Å². The molecule has 2 aromatic carbocycles. The van der Waals surface area contributed by atoms with Gasteiger partial charge in [-0.05, 0) is 5.56 Å². The Morgan fingerprint density at radius 1 is 0.950 bits per heavy atom. The fourth-order valence-corrected chi connectivity index (χ4v) is 2.33. The molecule has 0 saturated carbocycles. The predicted molar refractivity (Wildman–Crippen MR) is 82.3 cm³/mol. The standard InChI is InChI=1S/C17H17N3/c1-20-16(18)15(12-13-8-4-2-5-9-13)19-17(20)14-10-6-3-7-11-14/h2-11H,12,18H2,1H3. The Morgan fingerprint density at radius 3 is 2.20 bits per heavy atom. The van der Waals surface area contributed by atoms with E-state index in [2.05, 4.69) is 12.1 Å². The van der Waals surface area contributed by atoms with E-state index in [0.717, 1.165) is 29.3 Å². The maximum atomic E-state index is 6.19. The highest BCUT2D eigenvalue weighted by molar-refractivity contribution is 5.60. The lowest BCUT2D eigenvalue weighted by molar-refractivity contribution is 0.936. The average molecular weight is 263 g/mol. The molecule has 0 fully saturated rings. The van der Waals surface area contributed by atoms with Gasteiger partial charge in [0, 0.05) is 19.0 Å². The van der Waals surface area contributed by atoms with Crippen molar-refractivity contribution in [3.63, 3.8) is 0 Å². The molecule has 3 nitrogen and oxygen atoms in total. The van der Waals surface area contributed by atoms with Crippen molar-refractivity contribution in [2.24, 2.45) is 7.05 Å². The van der Waals surface area contributed by atoms with Crippen molar-refractivity contribution in [1.82, 2.24) is 9.55 Å². The molecule has 0 aliphatic rings. The second-order valence-corrected chi connectivity index (χ2v) is 4.85. The molecular weight excluding hydrogens is 246 g/mol. The van der Waals surface area contributed by atoms with Gasteiger partial charge in [0.2, 0.25) is 0 Å². The minimum absolute atomic E-state index is 0.729. The molecular formula is C17H17N3. The van der Waals surface area contributed by atoms with Gasteiger partial charge in [-0.1, -0.05) is 60.7 Å². The van der Waals surface area contributed by atoms with Gasteiger partial charge < -0.3 is 10.3 Å². The third kappa shape index (κ3) is 2.30. The molecule has 2 N–H and O–H groups in total. The number of imidazole rings is 1. The molecule has 100 valence electrons. The molecule has 0 saturated heterocycles. The van der Waals surface area contributed by atoms with Crippen LogP contribution in [0, 0.1) is 0 Å². The molecule has 20 heavy (non-hydrogen) atoms. The number of anilines is 1. The number of nitrogens with two attached hydrogens (primary N) is 1. The van der Waals surface area contributed by atoms with Crippen LogP contribution in [0.3, 0.4) is 0 Å². The van der Waals surface area contributed by atoms with Crippen LogP contribution in [0.5, 0.6) is 0 Å². The highest BCUT2D eigenvalue weighted by Crippen LogP contribution is 2.24. The summed E-state index contributed by atoms with van der Waals surface area (Å²) in [5.41, 5.74) is 9.42. The molecule has 0 radical (unpaired) electrons. The van der Waals surface area contributed by atoms with Gasteiger partial charge in [0.1, 0.15) is 11.6 Å². The van der Waals surface area contributed by atoms with Crippen molar-refractivity contribution in [2.45, 2.75) is 6.42 Å². The molecule has 0 aliphatic carbocycles. The van der Waals surface area contributed by atoms with Crippen LogP contribution < -0.4 is 5.73 Å². The van der Waals surface area contributed by atoms with Gasteiger partial charge in [-0.3, -0.25) is 0 Å². The maximum absolute atomic E-state index is 6.19. The number of hydrogen-bond acceptors (Lipinski definition) is 2. The molecule has 0 bridgehead atoms. The zero-order chi connectivity index (χ0) is 13.9. The predicted octanol–water partition coefficient (Wildman–Crippen LogP) is 3.26. The van der Waals surface area contributed by atoms with E-state index in [9.17, 15) is 0 Å². The van der Waals surface area contributed by atoms with Gasteiger partial charge in [-0.25, -0.2) is 4.98 Å². The smallest absolute Gasteiger partial charge is 0.141 e. The lowest BCUT2D eigenvalue weighted by Gasteiger charge is -2.02. The lowest BCUT2D eigenvalue weighted by Crippen LogP contribution is -2.00. The van der Waals surface area contributed by atoms with Gasteiger partial charge in [-0.2, -0.15) is 0 Å². The van der Waals surface area contributed by atoms with Crippen LogP contribution in [0.25, 0.3) is 11.4 Å². The molecule has 3 heteroatoms. The van der Waals surface area contributed by atoms with E-state index in [1.807, 2.05) is 60.1 Å². The molecule has 3 aromatic rings.